The highest BCUT2D eigenvalue weighted by Gasteiger charge is 2.13. The Balaban J connectivity index is 1.91. The molecule has 80 valence electrons. The molecule has 0 unspecified atom stereocenters. The Morgan fingerprint density at radius 3 is 2.93 bits per heavy atom. The summed E-state index contributed by atoms with van der Waals surface area (Å²) in [6, 6.07) is 3.82. The third-order valence-corrected chi connectivity index (χ3v) is 2.57. The summed E-state index contributed by atoms with van der Waals surface area (Å²) in [5.74, 6) is 0. The predicted molar refractivity (Wildman–Crippen MR) is 62.8 cm³/mol. The van der Waals surface area contributed by atoms with Crippen molar-refractivity contribution >= 4 is 23.0 Å². The van der Waals surface area contributed by atoms with E-state index in [-0.39, 0.29) is 0 Å². The molecule has 0 aliphatic carbocycles. The number of aromatic nitrogens is 1. The van der Waals surface area contributed by atoms with Crippen LogP contribution in [-0.4, -0.2) is 41.3 Å². The first-order valence-electron chi connectivity index (χ1n) is 4.90. The maximum absolute atomic E-state index is 5.29. The van der Waals surface area contributed by atoms with Crippen molar-refractivity contribution < 1.29 is 4.74 Å². The van der Waals surface area contributed by atoms with Crippen molar-refractivity contribution in [3.8, 4) is 0 Å². The Hall–Kier alpha value is -1.20. The summed E-state index contributed by atoms with van der Waals surface area (Å²) in [5.41, 5.74) is 0.925. The number of hydrogen-bond donors (Lipinski definition) is 1. The fourth-order valence-corrected chi connectivity index (χ4v) is 1.71. The Labute approximate surface area is 94.3 Å². The largest absolute Gasteiger partial charge is 0.378 e. The van der Waals surface area contributed by atoms with E-state index in [4.69, 9.17) is 17.0 Å². The zero-order valence-electron chi connectivity index (χ0n) is 8.35. The van der Waals surface area contributed by atoms with Crippen molar-refractivity contribution in [2.24, 2.45) is 0 Å². The Morgan fingerprint density at radius 1 is 1.47 bits per heavy atom. The molecular formula is C10H13N3OS. The summed E-state index contributed by atoms with van der Waals surface area (Å²) in [6.45, 7) is 3.20. The predicted octanol–water partition coefficient (Wildman–Crippen LogP) is 1.11. The van der Waals surface area contributed by atoms with Gasteiger partial charge in [-0.25, -0.2) is 0 Å². The van der Waals surface area contributed by atoms with Gasteiger partial charge in [-0.2, -0.15) is 0 Å². The highest BCUT2D eigenvalue weighted by atomic mass is 32.1. The van der Waals surface area contributed by atoms with E-state index in [0.717, 1.165) is 37.1 Å². The van der Waals surface area contributed by atoms with Crippen molar-refractivity contribution in [3.05, 3.63) is 24.5 Å². The molecule has 0 aromatic carbocycles. The Morgan fingerprint density at radius 2 is 2.27 bits per heavy atom. The maximum Gasteiger partial charge on any atom is 0.173 e. The molecule has 0 spiro atoms. The number of ether oxygens (including phenoxy) is 1. The standard InChI is InChI=1S/C10H13N3OS/c15-10(13-4-6-14-7-5-13)12-9-2-1-3-11-8-9/h1-3,8H,4-7H2,(H,12,15). The molecule has 0 saturated carbocycles. The average molecular weight is 223 g/mol. The molecule has 2 heterocycles. The zero-order valence-corrected chi connectivity index (χ0v) is 9.17. The van der Waals surface area contributed by atoms with Gasteiger partial charge in [0.2, 0.25) is 0 Å². The van der Waals surface area contributed by atoms with Crippen LogP contribution < -0.4 is 5.32 Å². The number of nitrogens with one attached hydrogen (secondary N) is 1. The molecule has 2 rings (SSSR count). The van der Waals surface area contributed by atoms with Crippen LogP contribution in [0.4, 0.5) is 5.69 Å². The lowest BCUT2D eigenvalue weighted by Gasteiger charge is -2.29. The van der Waals surface area contributed by atoms with Crippen molar-refractivity contribution in [1.82, 2.24) is 9.88 Å². The van der Waals surface area contributed by atoms with Crippen LogP contribution in [0.25, 0.3) is 0 Å². The van der Waals surface area contributed by atoms with Gasteiger partial charge in [0, 0.05) is 19.3 Å². The van der Waals surface area contributed by atoms with Crippen LogP contribution >= 0.6 is 12.2 Å². The van der Waals surface area contributed by atoms with Gasteiger partial charge in [0.1, 0.15) is 0 Å². The maximum atomic E-state index is 5.29. The SMILES string of the molecule is S=C(Nc1cccnc1)N1CCOCC1. The smallest absolute Gasteiger partial charge is 0.173 e. The first-order valence-corrected chi connectivity index (χ1v) is 5.31. The molecule has 0 atom stereocenters. The Bertz CT molecular complexity index is 325. The highest BCUT2D eigenvalue weighted by molar-refractivity contribution is 7.80. The number of thiocarbonyl (C=S) groups is 1. The number of nitrogens with zero attached hydrogens (tertiary/aromatic N) is 2. The van der Waals surface area contributed by atoms with E-state index in [1.54, 1.807) is 12.4 Å². The van der Waals surface area contributed by atoms with Gasteiger partial charge in [-0.1, -0.05) is 0 Å². The van der Waals surface area contributed by atoms with Crippen molar-refractivity contribution in [2.75, 3.05) is 31.6 Å². The first kappa shape index (κ1) is 10.3. The van der Waals surface area contributed by atoms with Gasteiger partial charge < -0.3 is 15.0 Å². The molecule has 5 heteroatoms. The lowest BCUT2D eigenvalue weighted by molar-refractivity contribution is 0.0690. The van der Waals surface area contributed by atoms with E-state index in [1.807, 2.05) is 12.1 Å². The molecular weight excluding hydrogens is 210 g/mol. The minimum Gasteiger partial charge on any atom is -0.378 e. The molecule has 1 aliphatic heterocycles. The van der Waals surface area contributed by atoms with Gasteiger partial charge in [-0.15, -0.1) is 0 Å². The van der Waals surface area contributed by atoms with Crippen molar-refractivity contribution in [2.45, 2.75) is 0 Å². The van der Waals surface area contributed by atoms with E-state index in [1.165, 1.54) is 0 Å². The third kappa shape index (κ3) is 2.87. The van der Waals surface area contributed by atoms with Crippen molar-refractivity contribution in [3.63, 3.8) is 0 Å². The Kier molecular flexibility index (Phi) is 3.47. The second-order valence-electron chi connectivity index (χ2n) is 3.27. The van der Waals surface area contributed by atoms with Gasteiger partial charge in [0.25, 0.3) is 0 Å². The summed E-state index contributed by atoms with van der Waals surface area (Å²) in [5, 5.41) is 3.89. The summed E-state index contributed by atoms with van der Waals surface area (Å²) in [4.78, 5) is 6.12. The number of hydrogen-bond acceptors (Lipinski definition) is 3. The van der Waals surface area contributed by atoms with E-state index >= 15 is 0 Å². The summed E-state index contributed by atoms with van der Waals surface area (Å²) >= 11 is 5.29. The molecule has 1 aromatic heterocycles. The third-order valence-electron chi connectivity index (χ3n) is 2.21. The molecule has 1 saturated heterocycles. The molecule has 0 bridgehead atoms. The molecule has 0 radical (unpaired) electrons. The summed E-state index contributed by atoms with van der Waals surface area (Å²) in [7, 11) is 0. The van der Waals surface area contributed by atoms with Crippen LogP contribution in [0.15, 0.2) is 24.5 Å². The lowest BCUT2D eigenvalue weighted by atomic mass is 10.4. The first-order chi connectivity index (χ1) is 7.36. The van der Waals surface area contributed by atoms with E-state index < -0.39 is 0 Å². The van der Waals surface area contributed by atoms with Gasteiger partial charge in [-0.05, 0) is 24.4 Å². The minimum absolute atomic E-state index is 0.742. The number of anilines is 1. The molecule has 15 heavy (non-hydrogen) atoms. The van der Waals surface area contributed by atoms with E-state index in [0.29, 0.717) is 0 Å². The minimum atomic E-state index is 0.742. The fourth-order valence-electron chi connectivity index (χ4n) is 1.41. The van der Waals surface area contributed by atoms with E-state index in [9.17, 15) is 0 Å². The molecule has 1 aliphatic rings. The lowest BCUT2D eigenvalue weighted by Crippen LogP contribution is -2.42. The number of morpholine rings is 1. The normalized spacial score (nSPS) is 16.1. The second-order valence-corrected chi connectivity index (χ2v) is 3.66. The molecule has 1 N–H and O–H groups in total. The van der Waals surface area contributed by atoms with E-state index in [2.05, 4.69) is 15.2 Å². The van der Waals surface area contributed by atoms with Gasteiger partial charge in [0.15, 0.2) is 5.11 Å². The van der Waals surface area contributed by atoms with Crippen LogP contribution in [-0.2, 0) is 4.74 Å². The molecule has 1 fully saturated rings. The van der Waals surface area contributed by atoms with Crippen LogP contribution in [0.3, 0.4) is 0 Å². The highest BCUT2D eigenvalue weighted by Crippen LogP contribution is 2.06. The summed E-state index contributed by atoms with van der Waals surface area (Å²) < 4.78 is 5.26. The van der Waals surface area contributed by atoms with Crippen LogP contribution in [0.5, 0.6) is 0 Å². The molecule has 1 aromatic rings. The molecule has 4 nitrogen and oxygen atoms in total. The average Bonchev–Trinajstić information content (AvgIpc) is 2.31. The fraction of sp³-hybridized carbons (Fsp3) is 0.400. The quantitative estimate of drug-likeness (QED) is 0.722. The molecule has 0 amide bonds. The monoisotopic (exact) mass is 223 g/mol. The van der Waals surface area contributed by atoms with Gasteiger partial charge in [0.05, 0.1) is 25.1 Å². The second kappa shape index (κ2) is 5.04. The van der Waals surface area contributed by atoms with Gasteiger partial charge >= 0.3 is 0 Å². The van der Waals surface area contributed by atoms with Crippen LogP contribution in [0.1, 0.15) is 0 Å². The zero-order chi connectivity index (χ0) is 10.5. The van der Waals surface area contributed by atoms with Gasteiger partial charge in [-0.3, -0.25) is 4.98 Å². The topological polar surface area (TPSA) is 37.4 Å². The number of pyridine rings is 1. The number of rotatable bonds is 1. The van der Waals surface area contributed by atoms with Crippen molar-refractivity contribution in [1.29, 1.82) is 0 Å². The van der Waals surface area contributed by atoms with Crippen LogP contribution in [0, 0.1) is 0 Å². The van der Waals surface area contributed by atoms with Crippen LogP contribution in [0.2, 0.25) is 0 Å². The summed E-state index contributed by atoms with van der Waals surface area (Å²) in [6.07, 6.45) is 3.50.